The monoisotopic (exact) mass is 402 g/mol. The van der Waals surface area contributed by atoms with Crippen LogP contribution in [0.15, 0.2) is 30.0 Å². The van der Waals surface area contributed by atoms with Gasteiger partial charge in [-0.15, -0.1) is 0 Å². The minimum Gasteiger partial charge on any atom is -0.419 e. The summed E-state index contributed by atoms with van der Waals surface area (Å²) >= 11 is 1.63. The summed E-state index contributed by atoms with van der Waals surface area (Å²) in [6.07, 6.45) is 1.32. The summed E-state index contributed by atoms with van der Waals surface area (Å²) in [5, 5.41) is 4.00. The van der Waals surface area contributed by atoms with Gasteiger partial charge in [0.1, 0.15) is 0 Å². The van der Waals surface area contributed by atoms with Crippen LogP contribution in [-0.2, 0) is 19.1 Å². The van der Waals surface area contributed by atoms with Gasteiger partial charge in [-0.1, -0.05) is 11.3 Å². The predicted molar refractivity (Wildman–Crippen MR) is 107 cm³/mol. The van der Waals surface area contributed by atoms with Crippen LogP contribution >= 0.6 is 11.3 Å². The van der Waals surface area contributed by atoms with Gasteiger partial charge in [-0.2, -0.15) is 0 Å². The summed E-state index contributed by atoms with van der Waals surface area (Å²) in [6, 6.07) is 5.73. The molecule has 28 heavy (non-hydrogen) atoms. The minimum absolute atomic E-state index is 0.165. The Morgan fingerprint density at radius 2 is 1.82 bits per heavy atom. The molecule has 0 spiro atoms. The van der Waals surface area contributed by atoms with Crippen molar-refractivity contribution in [2.45, 2.75) is 19.6 Å². The first-order chi connectivity index (χ1) is 13.3. The molecule has 2 aromatic rings. The number of rotatable bonds is 3. The summed E-state index contributed by atoms with van der Waals surface area (Å²) in [5.41, 5.74) is 1.51. The van der Waals surface area contributed by atoms with Crippen molar-refractivity contribution in [3.63, 3.8) is 0 Å². The maximum atomic E-state index is 12.0. The van der Waals surface area contributed by atoms with E-state index in [-0.39, 0.29) is 5.57 Å². The molecule has 2 aliphatic rings. The molecule has 0 radical (unpaired) electrons. The Kier molecular flexibility index (Phi) is 4.72. The van der Waals surface area contributed by atoms with Crippen LogP contribution in [0.5, 0.6) is 0 Å². The molecule has 0 amide bonds. The normalized spacial score (nSPS) is 20.1. The topological polar surface area (TPSA) is 84.0 Å². The number of nitrogens with one attached hydrogen (secondary N) is 1. The number of esters is 2. The zero-order valence-electron chi connectivity index (χ0n) is 16.0. The first-order valence-electron chi connectivity index (χ1n) is 9.08. The van der Waals surface area contributed by atoms with E-state index in [9.17, 15) is 9.59 Å². The molecule has 1 aromatic carbocycles. The number of cyclic esters (lactones) is 2. The minimum atomic E-state index is -1.24. The number of likely N-dealkylation sites (N-methyl/N-ethyl adjacent to an activating group) is 1. The third kappa shape index (κ3) is 3.81. The molecule has 2 saturated heterocycles. The van der Waals surface area contributed by atoms with Gasteiger partial charge in [0.25, 0.3) is 5.79 Å². The fraction of sp³-hybridized carbons (Fsp3) is 0.421. The molecular formula is C19H22N4O4S. The smallest absolute Gasteiger partial charge is 0.350 e. The van der Waals surface area contributed by atoms with Gasteiger partial charge in [0, 0.05) is 51.9 Å². The molecule has 9 heteroatoms. The lowest BCUT2D eigenvalue weighted by Crippen LogP contribution is -2.44. The van der Waals surface area contributed by atoms with Gasteiger partial charge in [0.2, 0.25) is 0 Å². The van der Waals surface area contributed by atoms with Crippen molar-refractivity contribution in [2.75, 3.05) is 43.4 Å². The fourth-order valence-electron chi connectivity index (χ4n) is 3.07. The number of piperazine rings is 1. The van der Waals surface area contributed by atoms with Crippen LogP contribution in [-0.4, -0.2) is 60.8 Å². The van der Waals surface area contributed by atoms with Crippen LogP contribution in [0.25, 0.3) is 10.2 Å². The van der Waals surface area contributed by atoms with E-state index in [2.05, 4.69) is 22.2 Å². The second kappa shape index (κ2) is 7.06. The summed E-state index contributed by atoms with van der Waals surface area (Å²) in [5.74, 6) is -2.65. The van der Waals surface area contributed by atoms with Gasteiger partial charge in [-0.05, 0) is 25.2 Å². The lowest BCUT2D eigenvalue weighted by atomic mass is 10.2. The highest BCUT2D eigenvalue weighted by Crippen LogP contribution is 2.31. The van der Waals surface area contributed by atoms with E-state index in [4.69, 9.17) is 14.5 Å². The SMILES string of the molecule is CN1CCN(c2nc3ccc(NC=C4C(=O)OC(C)(C)OC4=O)cc3s2)CC1. The van der Waals surface area contributed by atoms with Crippen LogP contribution in [0.4, 0.5) is 10.8 Å². The Morgan fingerprint density at radius 3 is 2.50 bits per heavy atom. The van der Waals surface area contributed by atoms with Crippen LogP contribution in [0.2, 0.25) is 0 Å². The zero-order valence-corrected chi connectivity index (χ0v) is 16.8. The maximum Gasteiger partial charge on any atom is 0.350 e. The van der Waals surface area contributed by atoms with Gasteiger partial charge in [-0.3, -0.25) is 0 Å². The first-order valence-corrected chi connectivity index (χ1v) is 9.90. The largest absolute Gasteiger partial charge is 0.419 e. The number of hydrogen-bond acceptors (Lipinski definition) is 9. The van der Waals surface area contributed by atoms with Gasteiger partial charge in [0.05, 0.1) is 10.2 Å². The summed E-state index contributed by atoms with van der Waals surface area (Å²) in [6.45, 7) is 7.02. The number of ether oxygens (including phenoxy) is 2. The number of carbonyl (C=O) groups excluding carboxylic acids is 2. The van der Waals surface area contributed by atoms with Crippen molar-refractivity contribution in [3.8, 4) is 0 Å². The van der Waals surface area contributed by atoms with Crippen molar-refractivity contribution in [2.24, 2.45) is 0 Å². The quantitative estimate of drug-likeness (QED) is 0.475. The van der Waals surface area contributed by atoms with Gasteiger partial charge in [-0.25, -0.2) is 14.6 Å². The highest BCUT2D eigenvalue weighted by Gasteiger charge is 2.38. The van der Waals surface area contributed by atoms with Crippen LogP contribution in [0.1, 0.15) is 13.8 Å². The molecule has 2 fully saturated rings. The number of anilines is 2. The number of aromatic nitrogens is 1. The molecule has 1 aromatic heterocycles. The molecule has 0 saturated carbocycles. The maximum absolute atomic E-state index is 12.0. The molecule has 0 atom stereocenters. The summed E-state index contributed by atoms with van der Waals surface area (Å²) < 4.78 is 11.2. The van der Waals surface area contributed by atoms with E-state index in [0.717, 1.165) is 47.2 Å². The van der Waals surface area contributed by atoms with E-state index < -0.39 is 17.7 Å². The number of benzene rings is 1. The van der Waals surface area contributed by atoms with E-state index in [0.29, 0.717) is 0 Å². The van der Waals surface area contributed by atoms with Crippen molar-refractivity contribution in [1.29, 1.82) is 0 Å². The molecule has 0 aliphatic carbocycles. The van der Waals surface area contributed by atoms with Gasteiger partial charge in [0.15, 0.2) is 10.7 Å². The van der Waals surface area contributed by atoms with Crippen molar-refractivity contribution in [1.82, 2.24) is 9.88 Å². The van der Waals surface area contributed by atoms with Crippen molar-refractivity contribution < 1.29 is 19.1 Å². The molecule has 8 nitrogen and oxygen atoms in total. The van der Waals surface area contributed by atoms with Crippen molar-refractivity contribution in [3.05, 3.63) is 30.0 Å². The highest BCUT2D eigenvalue weighted by molar-refractivity contribution is 7.22. The third-order valence-corrected chi connectivity index (χ3v) is 5.73. The van der Waals surface area contributed by atoms with E-state index >= 15 is 0 Å². The average Bonchev–Trinajstić information content (AvgIpc) is 3.04. The molecule has 148 valence electrons. The van der Waals surface area contributed by atoms with Crippen LogP contribution in [0.3, 0.4) is 0 Å². The number of hydrogen-bond donors (Lipinski definition) is 1. The van der Waals surface area contributed by atoms with Crippen molar-refractivity contribution >= 4 is 44.3 Å². The Balaban J connectivity index is 1.51. The molecule has 2 aliphatic heterocycles. The molecule has 0 bridgehead atoms. The van der Waals surface area contributed by atoms with E-state index in [1.54, 1.807) is 11.3 Å². The number of nitrogens with zero attached hydrogens (tertiary/aromatic N) is 3. The third-order valence-electron chi connectivity index (χ3n) is 4.65. The average molecular weight is 402 g/mol. The molecule has 1 N–H and O–H groups in total. The summed E-state index contributed by atoms with van der Waals surface area (Å²) in [4.78, 5) is 33.3. The Morgan fingerprint density at radius 1 is 1.14 bits per heavy atom. The Labute approximate surface area is 166 Å². The second-order valence-electron chi connectivity index (χ2n) is 7.35. The second-order valence-corrected chi connectivity index (χ2v) is 8.36. The number of fused-ring (bicyclic) bond motifs is 1. The molecule has 0 unspecified atom stereocenters. The molecule has 3 heterocycles. The summed E-state index contributed by atoms with van der Waals surface area (Å²) in [7, 11) is 2.13. The van der Waals surface area contributed by atoms with E-state index in [1.165, 1.54) is 20.0 Å². The predicted octanol–water partition coefficient (Wildman–Crippen LogP) is 2.18. The van der Waals surface area contributed by atoms with Gasteiger partial charge >= 0.3 is 11.9 Å². The first kappa shape index (κ1) is 18.7. The lowest BCUT2D eigenvalue weighted by molar-refractivity contribution is -0.222. The zero-order chi connectivity index (χ0) is 19.9. The number of carbonyl (C=O) groups is 2. The highest BCUT2D eigenvalue weighted by atomic mass is 32.1. The van der Waals surface area contributed by atoms with Gasteiger partial charge < -0.3 is 24.6 Å². The molecule has 4 rings (SSSR count). The number of thiazole rings is 1. The Bertz CT molecular complexity index is 938. The fourth-order valence-corrected chi connectivity index (χ4v) is 4.13. The Hall–Kier alpha value is -2.65. The standard InChI is InChI=1S/C19H22N4O4S/c1-19(2)26-16(24)13(17(25)27-19)11-20-12-4-5-14-15(10-12)28-18(21-14)23-8-6-22(3)7-9-23/h4-5,10-11,20H,6-9H2,1-3H3. The van der Waals surface area contributed by atoms with E-state index in [1.807, 2.05) is 18.2 Å². The van der Waals surface area contributed by atoms with Crippen LogP contribution in [0, 0.1) is 0 Å². The lowest BCUT2D eigenvalue weighted by Gasteiger charge is -2.31. The van der Waals surface area contributed by atoms with Crippen LogP contribution < -0.4 is 10.2 Å². The molecular weight excluding hydrogens is 380 g/mol.